The fourth-order valence-electron chi connectivity index (χ4n) is 1.54. The average Bonchev–Trinajstić information content (AvgIpc) is 2.70. The second-order valence-corrected chi connectivity index (χ2v) is 3.46. The Kier molecular flexibility index (Phi) is 2.36. The summed E-state index contributed by atoms with van der Waals surface area (Å²) in [6.45, 7) is 1.64. The fourth-order valence-corrected chi connectivity index (χ4v) is 1.54. The number of hydrogen-bond acceptors (Lipinski definition) is 3. The van der Waals surface area contributed by atoms with Crippen LogP contribution in [0.2, 0.25) is 0 Å². The van der Waals surface area contributed by atoms with Crippen molar-refractivity contribution in [2.75, 3.05) is 0 Å². The van der Waals surface area contributed by atoms with Crippen LogP contribution in [-0.4, -0.2) is 21.3 Å². The van der Waals surface area contributed by atoms with E-state index in [-0.39, 0.29) is 5.70 Å². The second-order valence-electron chi connectivity index (χ2n) is 3.46. The van der Waals surface area contributed by atoms with Crippen LogP contribution >= 0.6 is 0 Å². The van der Waals surface area contributed by atoms with Crippen molar-refractivity contribution < 1.29 is 9.90 Å². The maximum Gasteiger partial charge on any atom is 0.352 e. The molecule has 0 spiro atoms. The minimum Gasteiger partial charge on any atom is -0.477 e. The van der Waals surface area contributed by atoms with Crippen LogP contribution in [0.25, 0.3) is 16.5 Å². The first-order valence-electron chi connectivity index (χ1n) is 4.74. The molecule has 4 N–H and O–H groups in total. The van der Waals surface area contributed by atoms with Gasteiger partial charge in [0.25, 0.3) is 0 Å². The highest BCUT2D eigenvalue weighted by molar-refractivity contribution is 5.99. The molecule has 0 saturated heterocycles. The molecule has 0 aliphatic heterocycles. The number of aromatic amines is 1. The van der Waals surface area contributed by atoms with Crippen LogP contribution < -0.4 is 5.73 Å². The van der Waals surface area contributed by atoms with Gasteiger partial charge >= 0.3 is 5.97 Å². The van der Waals surface area contributed by atoms with E-state index in [1.54, 1.807) is 6.92 Å². The summed E-state index contributed by atoms with van der Waals surface area (Å²) in [5, 5.41) is 16.6. The van der Waals surface area contributed by atoms with Crippen molar-refractivity contribution in [3.63, 3.8) is 0 Å². The number of carboxylic acid groups (broad SMARTS) is 1. The Balaban J connectivity index is 2.65. The lowest BCUT2D eigenvalue weighted by atomic mass is 10.1. The van der Waals surface area contributed by atoms with Gasteiger partial charge in [-0.15, -0.1) is 0 Å². The molecule has 0 fully saturated rings. The first-order valence-corrected chi connectivity index (χ1v) is 4.74. The number of nitrogens with two attached hydrogens (primary N) is 1. The zero-order valence-electron chi connectivity index (χ0n) is 8.69. The molecule has 2 rings (SSSR count). The van der Waals surface area contributed by atoms with Crippen molar-refractivity contribution in [3.8, 4) is 0 Å². The molecule has 5 nitrogen and oxygen atoms in total. The Hall–Kier alpha value is -2.30. The number of carbonyl (C=O) groups is 1. The molecule has 0 bridgehead atoms. The van der Waals surface area contributed by atoms with E-state index >= 15 is 0 Å². The van der Waals surface area contributed by atoms with Gasteiger partial charge in [-0.3, -0.25) is 5.10 Å². The van der Waals surface area contributed by atoms with E-state index in [1.165, 1.54) is 0 Å². The molecule has 5 heteroatoms. The molecule has 1 aromatic heterocycles. The zero-order chi connectivity index (χ0) is 11.7. The Labute approximate surface area is 91.6 Å². The summed E-state index contributed by atoms with van der Waals surface area (Å²) in [5.41, 5.74) is 7.18. The lowest BCUT2D eigenvalue weighted by Gasteiger charge is -2.00. The molecule has 0 unspecified atom stereocenters. The maximum atomic E-state index is 10.8. The Morgan fingerprint density at radius 2 is 2.12 bits per heavy atom. The molecular weight excluding hydrogens is 206 g/mol. The van der Waals surface area contributed by atoms with Crippen LogP contribution in [0.4, 0.5) is 0 Å². The number of allylic oxidation sites excluding steroid dienone is 1. The minimum absolute atomic E-state index is 0.183. The number of nitrogens with one attached hydrogen (secondary N) is 1. The lowest BCUT2D eigenvalue weighted by Crippen LogP contribution is -2.12. The predicted octanol–water partition coefficient (Wildman–Crippen LogP) is 1.34. The van der Waals surface area contributed by atoms with Gasteiger partial charge in [0, 0.05) is 11.0 Å². The summed E-state index contributed by atoms with van der Waals surface area (Å²) >= 11 is 0. The first-order chi connectivity index (χ1) is 7.61. The van der Waals surface area contributed by atoms with E-state index in [2.05, 4.69) is 10.2 Å². The largest absolute Gasteiger partial charge is 0.477 e. The van der Waals surface area contributed by atoms with Crippen LogP contribution in [0.15, 0.2) is 30.0 Å². The average molecular weight is 217 g/mol. The SMILES string of the molecule is C/C(=C(/N)C(=O)O)c1n[nH]c2ccccc12. The molecule has 0 radical (unpaired) electrons. The monoisotopic (exact) mass is 217 g/mol. The predicted molar refractivity (Wildman–Crippen MR) is 60.5 cm³/mol. The molecule has 0 saturated carbocycles. The van der Waals surface area contributed by atoms with Crippen LogP contribution in [-0.2, 0) is 4.79 Å². The van der Waals surface area contributed by atoms with Gasteiger partial charge in [-0.25, -0.2) is 4.79 Å². The summed E-state index contributed by atoms with van der Waals surface area (Å²) in [6, 6.07) is 7.48. The number of nitrogens with zero attached hydrogens (tertiary/aromatic N) is 1. The number of H-pyrrole nitrogens is 1. The van der Waals surface area contributed by atoms with Gasteiger partial charge in [0.2, 0.25) is 0 Å². The number of fused-ring (bicyclic) bond motifs is 1. The number of hydrogen-bond donors (Lipinski definition) is 3. The van der Waals surface area contributed by atoms with E-state index in [9.17, 15) is 4.79 Å². The van der Waals surface area contributed by atoms with Crippen molar-refractivity contribution in [2.45, 2.75) is 6.92 Å². The van der Waals surface area contributed by atoms with Crippen molar-refractivity contribution in [2.24, 2.45) is 5.73 Å². The van der Waals surface area contributed by atoms with E-state index in [4.69, 9.17) is 10.8 Å². The lowest BCUT2D eigenvalue weighted by molar-refractivity contribution is -0.132. The molecule has 1 aromatic carbocycles. The van der Waals surface area contributed by atoms with Crippen molar-refractivity contribution in [3.05, 3.63) is 35.7 Å². The molecular formula is C11H11N3O2. The summed E-state index contributed by atoms with van der Waals surface area (Å²) in [5.74, 6) is -1.13. The van der Waals surface area contributed by atoms with Gasteiger partial charge in [-0.2, -0.15) is 5.10 Å². The molecule has 82 valence electrons. The topological polar surface area (TPSA) is 92.0 Å². The standard InChI is InChI=1S/C11H11N3O2/c1-6(9(12)11(15)16)10-7-4-2-3-5-8(7)13-14-10/h2-5H,12H2,1H3,(H,13,14)(H,15,16)/b9-6-. The van der Waals surface area contributed by atoms with Gasteiger partial charge < -0.3 is 10.8 Å². The second kappa shape index (κ2) is 3.69. The Bertz CT molecular complexity index is 584. The van der Waals surface area contributed by atoms with Gasteiger partial charge in [-0.05, 0) is 13.0 Å². The molecule has 1 heterocycles. The quantitative estimate of drug-likeness (QED) is 0.662. The third-order valence-corrected chi connectivity index (χ3v) is 2.46. The van der Waals surface area contributed by atoms with E-state index < -0.39 is 5.97 Å². The number of aliphatic carboxylic acids is 1. The Morgan fingerprint density at radius 3 is 2.81 bits per heavy atom. The summed E-state index contributed by atoms with van der Waals surface area (Å²) in [6.07, 6.45) is 0. The van der Waals surface area contributed by atoms with Gasteiger partial charge in [0.05, 0.1) is 11.2 Å². The molecule has 2 aromatic rings. The van der Waals surface area contributed by atoms with Crippen LogP contribution in [0.5, 0.6) is 0 Å². The highest BCUT2D eigenvalue weighted by Gasteiger charge is 2.13. The first kappa shape index (κ1) is 10.2. The van der Waals surface area contributed by atoms with Crippen molar-refractivity contribution in [1.82, 2.24) is 10.2 Å². The summed E-state index contributed by atoms with van der Waals surface area (Å²) < 4.78 is 0. The number of carboxylic acids is 1. The normalized spacial score (nSPS) is 12.6. The van der Waals surface area contributed by atoms with Crippen molar-refractivity contribution in [1.29, 1.82) is 0 Å². The molecule has 0 amide bonds. The number of aromatic nitrogens is 2. The third kappa shape index (κ3) is 1.52. The number of para-hydroxylation sites is 1. The third-order valence-electron chi connectivity index (χ3n) is 2.46. The van der Waals surface area contributed by atoms with Gasteiger partial charge in [-0.1, -0.05) is 18.2 Å². The zero-order valence-corrected chi connectivity index (χ0v) is 8.69. The minimum atomic E-state index is -1.13. The highest BCUT2D eigenvalue weighted by atomic mass is 16.4. The number of rotatable bonds is 2. The summed E-state index contributed by atoms with van der Waals surface area (Å²) in [7, 11) is 0. The van der Waals surface area contributed by atoms with Crippen LogP contribution in [0, 0.1) is 0 Å². The highest BCUT2D eigenvalue weighted by Crippen LogP contribution is 2.23. The Morgan fingerprint density at radius 1 is 1.44 bits per heavy atom. The molecule has 16 heavy (non-hydrogen) atoms. The van der Waals surface area contributed by atoms with E-state index in [0.717, 1.165) is 10.9 Å². The van der Waals surface area contributed by atoms with Gasteiger partial charge in [0.1, 0.15) is 5.70 Å². The fraction of sp³-hybridized carbons (Fsp3) is 0.0909. The van der Waals surface area contributed by atoms with Crippen LogP contribution in [0.3, 0.4) is 0 Å². The van der Waals surface area contributed by atoms with E-state index in [1.807, 2.05) is 24.3 Å². The maximum absolute atomic E-state index is 10.8. The smallest absolute Gasteiger partial charge is 0.352 e. The summed E-state index contributed by atoms with van der Waals surface area (Å²) in [4.78, 5) is 10.8. The molecule has 0 aliphatic rings. The van der Waals surface area contributed by atoms with Crippen LogP contribution in [0.1, 0.15) is 12.6 Å². The number of benzene rings is 1. The van der Waals surface area contributed by atoms with Gasteiger partial charge in [0.15, 0.2) is 0 Å². The van der Waals surface area contributed by atoms with Crippen molar-refractivity contribution >= 4 is 22.4 Å². The van der Waals surface area contributed by atoms with E-state index in [0.29, 0.717) is 11.3 Å². The molecule has 0 aliphatic carbocycles. The molecule has 0 atom stereocenters.